The quantitative estimate of drug-likeness (QED) is 0.744. The summed E-state index contributed by atoms with van der Waals surface area (Å²) in [6, 6.07) is 12.8. The van der Waals surface area contributed by atoms with Crippen molar-refractivity contribution in [3.05, 3.63) is 53.1 Å². The Labute approximate surface area is 141 Å². The van der Waals surface area contributed by atoms with Crippen LogP contribution in [-0.4, -0.2) is 12.5 Å². The van der Waals surface area contributed by atoms with Crippen LogP contribution in [0.25, 0.3) is 0 Å². The molecule has 0 aromatic heterocycles. The number of hydrogen-bond donors (Lipinski definition) is 2. The van der Waals surface area contributed by atoms with Gasteiger partial charge in [-0.05, 0) is 48.7 Å². The van der Waals surface area contributed by atoms with Crippen LogP contribution in [0.2, 0.25) is 5.02 Å². The highest BCUT2D eigenvalue weighted by Gasteiger charge is 2.06. The number of benzene rings is 2. The Balaban J connectivity index is 1.87. The fraction of sp³-hybridized carbons (Fsp3) is 0.278. The topological polar surface area (TPSA) is 64.3 Å². The van der Waals surface area contributed by atoms with Crippen molar-refractivity contribution in [1.82, 2.24) is 0 Å². The highest BCUT2D eigenvalue weighted by atomic mass is 35.5. The van der Waals surface area contributed by atoms with Crippen LogP contribution in [-0.2, 0) is 11.2 Å². The predicted octanol–water partition coefficient (Wildman–Crippen LogP) is 4.28. The second kappa shape index (κ2) is 8.44. The van der Waals surface area contributed by atoms with Crippen LogP contribution in [0.1, 0.15) is 25.3 Å². The number of anilines is 2. The number of ether oxygens (including phenoxy) is 1. The summed E-state index contributed by atoms with van der Waals surface area (Å²) in [5.74, 6) is 0.625. The highest BCUT2D eigenvalue weighted by molar-refractivity contribution is 6.32. The van der Waals surface area contributed by atoms with Gasteiger partial charge in [-0.1, -0.05) is 30.7 Å². The fourth-order valence-corrected chi connectivity index (χ4v) is 2.38. The number of nitrogens with one attached hydrogen (secondary N) is 1. The van der Waals surface area contributed by atoms with Crippen molar-refractivity contribution in [2.45, 2.75) is 26.2 Å². The molecule has 2 aromatic rings. The molecule has 0 radical (unpaired) electrons. The normalized spacial score (nSPS) is 10.3. The van der Waals surface area contributed by atoms with Crippen molar-refractivity contribution in [3.8, 4) is 5.75 Å². The Kier molecular flexibility index (Phi) is 6.29. The molecule has 122 valence electrons. The molecule has 0 aliphatic heterocycles. The lowest BCUT2D eigenvalue weighted by Crippen LogP contribution is -2.12. The molecule has 0 saturated heterocycles. The SMILES string of the molecule is CCCOc1ccc(CCC(=O)Nc2cccc(N)c2)cc1Cl. The molecule has 5 heteroatoms. The van der Waals surface area contributed by atoms with Crippen LogP contribution in [0.4, 0.5) is 11.4 Å². The second-order valence-corrected chi connectivity index (χ2v) is 5.69. The lowest BCUT2D eigenvalue weighted by molar-refractivity contribution is -0.116. The van der Waals surface area contributed by atoms with Gasteiger partial charge in [0.25, 0.3) is 0 Å². The third-order valence-electron chi connectivity index (χ3n) is 3.27. The Hall–Kier alpha value is -2.20. The van der Waals surface area contributed by atoms with Gasteiger partial charge in [-0.15, -0.1) is 0 Å². The zero-order valence-corrected chi connectivity index (χ0v) is 13.9. The number of hydrogen-bond acceptors (Lipinski definition) is 3. The number of aryl methyl sites for hydroxylation is 1. The van der Waals surface area contributed by atoms with Crippen LogP contribution >= 0.6 is 11.6 Å². The number of carbonyl (C=O) groups excluding carboxylic acids is 1. The lowest BCUT2D eigenvalue weighted by atomic mass is 10.1. The van der Waals surface area contributed by atoms with E-state index in [0.717, 1.165) is 12.0 Å². The maximum absolute atomic E-state index is 12.0. The van der Waals surface area contributed by atoms with Gasteiger partial charge in [-0.25, -0.2) is 0 Å². The first-order chi connectivity index (χ1) is 11.1. The summed E-state index contributed by atoms with van der Waals surface area (Å²) in [5.41, 5.74) is 8.02. The predicted molar refractivity (Wildman–Crippen MR) is 95.0 cm³/mol. The molecule has 0 atom stereocenters. The molecule has 2 rings (SSSR count). The molecule has 0 saturated carbocycles. The average molecular weight is 333 g/mol. The van der Waals surface area contributed by atoms with Gasteiger partial charge in [0.15, 0.2) is 0 Å². The summed E-state index contributed by atoms with van der Waals surface area (Å²) in [6.45, 7) is 2.68. The molecule has 0 spiro atoms. The Morgan fingerprint density at radius 3 is 2.78 bits per heavy atom. The second-order valence-electron chi connectivity index (χ2n) is 5.29. The minimum Gasteiger partial charge on any atom is -0.492 e. The molecule has 3 N–H and O–H groups in total. The van der Waals surface area contributed by atoms with Crippen molar-refractivity contribution < 1.29 is 9.53 Å². The lowest BCUT2D eigenvalue weighted by Gasteiger charge is -2.09. The summed E-state index contributed by atoms with van der Waals surface area (Å²) < 4.78 is 5.53. The molecular weight excluding hydrogens is 312 g/mol. The Bertz CT molecular complexity index is 674. The van der Waals surface area contributed by atoms with Crippen molar-refractivity contribution in [1.29, 1.82) is 0 Å². The Morgan fingerprint density at radius 2 is 2.09 bits per heavy atom. The van der Waals surface area contributed by atoms with Crippen molar-refractivity contribution in [3.63, 3.8) is 0 Å². The number of rotatable bonds is 7. The average Bonchev–Trinajstić information content (AvgIpc) is 2.52. The molecular formula is C18H21ClN2O2. The number of nitrogen functional groups attached to an aromatic ring is 1. The smallest absolute Gasteiger partial charge is 0.224 e. The highest BCUT2D eigenvalue weighted by Crippen LogP contribution is 2.26. The third kappa shape index (κ3) is 5.49. The van der Waals surface area contributed by atoms with Gasteiger partial charge in [0.05, 0.1) is 11.6 Å². The molecule has 0 unspecified atom stereocenters. The van der Waals surface area contributed by atoms with E-state index in [4.69, 9.17) is 22.1 Å². The van der Waals surface area contributed by atoms with E-state index in [1.165, 1.54) is 0 Å². The molecule has 4 nitrogen and oxygen atoms in total. The van der Waals surface area contributed by atoms with Crippen LogP contribution < -0.4 is 15.8 Å². The van der Waals surface area contributed by atoms with Crippen LogP contribution in [0.3, 0.4) is 0 Å². The van der Waals surface area contributed by atoms with Gasteiger partial charge in [0.2, 0.25) is 5.91 Å². The monoisotopic (exact) mass is 332 g/mol. The van der Waals surface area contributed by atoms with Crippen molar-refractivity contribution in [2.75, 3.05) is 17.7 Å². The molecule has 1 amide bonds. The van der Waals surface area contributed by atoms with Gasteiger partial charge >= 0.3 is 0 Å². The van der Waals surface area contributed by atoms with E-state index >= 15 is 0 Å². The van der Waals surface area contributed by atoms with E-state index < -0.39 is 0 Å². The number of halogens is 1. The Morgan fingerprint density at radius 1 is 1.26 bits per heavy atom. The minimum atomic E-state index is -0.0574. The van der Waals surface area contributed by atoms with Crippen molar-refractivity contribution >= 4 is 28.9 Å². The third-order valence-corrected chi connectivity index (χ3v) is 3.56. The first-order valence-electron chi connectivity index (χ1n) is 7.65. The van der Waals surface area contributed by atoms with Crippen LogP contribution in [0.15, 0.2) is 42.5 Å². The van der Waals surface area contributed by atoms with Gasteiger partial charge < -0.3 is 15.8 Å². The van der Waals surface area contributed by atoms with E-state index in [2.05, 4.69) is 5.32 Å². The molecule has 2 aromatic carbocycles. The molecule has 0 bridgehead atoms. The largest absolute Gasteiger partial charge is 0.492 e. The number of nitrogens with two attached hydrogens (primary N) is 1. The minimum absolute atomic E-state index is 0.0574. The van der Waals surface area contributed by atoms with Gasteiger partial charge in [-0.2, -0.15) is 0 Å². The maximum Gasteiger partial charge on any atom is 0.224 e. The van der Waals surface area contributed by atoms with Gasteiger partial charge in [-0.3, -0.25) is 4.79 Å². The van der Waals surface area contributed by atoms with Gasteiger partial charge in [0, 0.05) is 17.8 Å². The van der Waals surface area contributed by atoms with Crippen LogP contribution in [0, 0.1) is 0 Å². The van der Waals surface area contributed by atoms with Crippen molar-refractivity contribution in [2.24, 2.45) is 0 Å². The zero-order chi connectivity index (χ0) is 16.7. The summed E-state index contributed by atoms with van der Waals surface area (Å²) in [7, 11) is 0. The van der Waals surface area contributed by atoms with E-state index in [1.54, 1.807) is 18.2 Å². The number of amides is 1. The van der Waals surface area contributed by atoms with E-state index in [0.29, 0.717) is 41.6 Å². The molecule has 0 heterocycles. The summed E-state index contributed by atoms with van der Waals surface area (Å²) in [5, 5.41) is 3.41. The standard InChI is InChI=1S/C18H21ClN2O2/c1-2-10-23-17-8-6-13(11-16(17)19)7-9-18(22)21-15-5-3-4-14(20)12-15/h3-6,8,11-12H,2,7,9-10,20H2,1H3,(H,21,22). The molecule has 0 fully saturated rings. The van der Waals surface area contributed by atoms with E-state index in [9.17, 15) is 4.79 Å². The number of carbonyl (C=O) groups is 1. The summed E-state index contributed by atoms with van der Waals surface area (Å²) >= 11 is 6.19. The van der Waals surface area contributed by atoms with E-state index in [1.807, 2.05) is 31.2 Å². The zero-order valence-electron chi connectivity index (χ0n) is 13.1. The fourth-order valence-electron chi connectivity index (χ4n) is 2.13. The molecule has 23 heavy (non-hydrogen) atoms. The van der Waals surface area contributed by atoms with Gasteiger partial charge in [0.1, 0.15) is 5.75 Å². The van der Waals surface area contributed by atoms with Crippen LogP contribution in [0.5, 0.6) is 5.75 Å². The summed E-state index contributed by atoms with van der Waals surface area (Å²) in [6.07, 6.45) is 1.92. The molecule has 0 aliphatic rings. The first kappa shape index (κ1) is 17.2. The molecule has 0 aliphatic carbocycles. The maximum atomic E-state index is 12.0. The first-order valence-corrected chi connectivity index (χ1v) is 8.03. The summed E-state index contributed by atoms with van der Waals surface area (Å²) in [4.78, 5) is 12.0. The van der Waals surface area contributed by atoms with E-state index in [-0.39, 0.29) is 5.91 Å².